The molecular formula is C44H47N3O10. The van der Waals surface area contributed by atoms with Crippen LogP contribution < -0.4 is 20.7 Å². The lowest BCUT2D eigenvalue weighted by Crippen LogP contribution is -2.49. The minimum atomic E-state index is -1.52. The van der Waals surface area contributed by atoms with Gasteiger partial charge in [0.05, 0.1) is 51.3 Å². The van der Waals surface area contributed by atoms with E-state index in [1.54, 1.807) is 19.1 Å². The van der Waals surface area contributed by atoms with Crippen molar-refractivity contribution >= 4 is 34.3 Å². The Labute approximate surface area is 331 Å². The molecule has 3 N–H and O–H groups in total. The number of epoxide rings is 1. The van der Waals surface area contributed by atoms with Gasteiger partial charge >= 0.3 is 5.97 Å². The van der Waals surface area contributed by atoms with Crippen molar-refractivity contribution < 1.29 is 47.6 Å². The summed E-state index contributed by atoms with van der Waals surface area (Å²) in [7, 11) is 2.83. The third-order valence-corrected chi connectivity index (χ3v) is 9.88. The minimum Gasteiger partial charge on any atom is -0.502 e. The maximum atomic E-state index is 14.5. The summed E-state index contributed by atoms with van der Waals surface area (Å²) >= 11 is 0. The van der Waals surface area contributed by atoms with Crippen molar-refractivity contribution in [3.8, 4) is 5.75 Å². The summed E-state index contributed by atoms with van der Waals surface area (Å²) in [5.41, 5.74) is 1.40. The van der Waals surface area contributed by atoms with Crippen molar-refractivity contribution in [3.63, 3.8) is 0 Å². The van der Waals surface area contributed by atoms with Gasteiger partial charge in [0.25, 0.3) is 11.8 Å². The number of carbonyl (C=O) groups is 4. The summed E-state index contributed by atoms with van der Waals surface area (Å²) in [5.74, 6) is -2.59. The van der Waals surface area contributed by atoms with Gasteiger partial charge in [-0.25, -0.2) is 4.79 Å². The second-order valence-corrected chi connectivity index (χ2v) is 14.2. The predicted octanol–water partition coefficient (Wildman–Crippen LogP) is 5.15. The normalized spacial score (nSPS) is 21.5. The van der Waals surface area contributed by atoms with Gasteiger partial charge in [0, 0.05) is 6.92 Å². The number of aryl methyl sites for hydroxylation is 1. The van der Waals surface area contributed by atoms with E-state index in [1.165, 1.54) is 21.1 Å². The van der Waals surface area contributed by atoms with E-state index in [4.69, 9.17) is 28.4 Å². The maximum absolute atomic E-state index is 14.5. The number of esters is 1. The average molecular weight is 778 g/mol. The van der Waals surface area contributed by atoms with Crippen LogP contribution in [-0.2, 0) is 51.3 Å². The van der Waals surface area contributed by atoms with Gasteiger partial charge in [-0.05, 0) is 60.4 Å². The fourth-order valence-corrected chi connectivity index (χ4v) is 6.61. The number of hydrogen-bond donors (Lipinski definition) is 3. The Kier molecular flexibility index (Phi) is 12.7. The molecule has 6 rings (SSSR count). The molecule has 5 atom stereocenters. The van der Waals surface area contributed by atoms with Crippen LogP contribution in [-0.4, -0.2) is 74.3 Å². The Hall–Kier alpha value is -6.02. The van der Waals surface area contributed by atoms with Crippen molar-refractivity contribution in [2.24, 2.45) is 0 Å². The maximum Gasteiger partial charge on any atom is 0.339 e. The van der Waals surface area contributed by atoms with E-state index in [0.717, 1.165) is 28.3 Å². The monoisotopic (exact) mass is 777 g/mol. The molecule has 2 amide bonds. The molecule has 0 saturated carbocycles. The topological polar surface area (TPSA) is 163 Å². The average Bonchev–Trinajstić information content (AvgIpc) is 3.88. The second kappa shape index (κ2) is 17.8. The fraction of sp³-hybridized carbons (Fsp3) is 0.318. The standard InChI is InChI=1S/C44H47N3O10/c1-26-14-13-19-32-33(26)20-31(53-6)21-34(32)43(51)57-40(44(4)25-56-44)42(50)47-37(41(49)46-35(24-52-5)28(3)48)36-39(55-23-30-17-11-8-12-18-30)38(27(2)45-36)54-22-29-15-9-7-10-16-29/h7-21,24,27,38-40,45H,22-23,25H2,1-6H3,(H,46,49)(H,47,50)/b35-24-,37-36+/t27-,38+,39+,40+,44-/m0/s1. The Balaban J connectivity index is 1.38. The number of Topliss-reactive ketones (excluding diaryl/α,β-unsaturated/α-hetero) is 1. The quantitative estimate of drug-likeness (QED) is 0.0597. The zero-order chi connectivity index (χ0) is 40.7. The summed E-state index contributed by atoms with van der Waals surface area (Å²) in [4.78, 5) is 55.4. The molecule has 0 aliphatic carbocycles. The Bertz CT molecular complexity index is 2180. The van der Waals surface area contributed by atoms with Crippen molar-refractivity contribution in [1.82, 2.24) is 16.0 Å². The summed E-state index contributed by atoms with van der Waals surface area (Å²) < 4.78 is 35.2. The summed E-state index contributed by atoms with van der Waals surface area (Å²) in [6.45, 7) is 7.16. The molecule has 2 heterocycles. The minimum absolute atomic E-state index is 0.104. The molecule has 0 radical (unpaired) electrons. The van der Waals surface area contributed by atoms with E-state index < -0.39 is 53.5 Å². The lowest BCUT2D eigenvalue weighted by Gasteiger charge is -2.25. The van der Waals surface area contributed by atoms with E-state index in [1.807, 2.05) is 92.7 Å². The first-order valence-corrected chi connectivity index (χ1v) is 18.5. The highest BCUT2D eigenvalue weighted by molar-refractivity contribution is 6.08. The molecule has 2 fully saturated rings. The second-order valence-electron chi connectivity index (χ2n) is 14.2. The van der Waals surface area contributed by atoms with Gasteiger partial charge in [0.15, 0.2) is 5.78 Å². The highest BCUT2D eigenvalue weighted by Gasteiger charge is 2.54. The number of rotatable bonds is 16. The van der Waals surface area contributed by atoms with E-state index >= 15 is 0 Å². The van der Waals surface area contributed by atoms with E-state index in [2.05, 4.69) is 16.0 Å². The number of benzene rings is 4. The number of methoxy groups -OCH3 is 2. The van der Waals surface area contributed by atoms with Crippen molar-refractivity contribution in [2.75, 3.05) is 20.8 Å². The fourth-order valence-electron chi connectivity index (χ4n) is 6.61. The van der Waals surface area contributed by atoms with Crippen LogP contribution in [0.15, 0.2) is 114 Å². The third kappa shape index (κ3) is 9.51. The van der Waals surface area contributed by atoms with E-state index in [9.17, 15) is 19.2 Å². The molecule has 0 bridgehead atoms. The number of hydrogen-bond acceptors (Lipinski definition) is 11. The lowest BCUT2D eigenvalue weighted by atomic mass is 9.99. The van der Waals surface area contributed by atoms with E-state index in [0.29, 0.717) is 11.1 Å². The molecular weight excluding hydrogens is 730 g/mol. The van der Waals surface area contributed by atoms with Crippen molar-refractivity contribution in [3.05, 3.63) is 137 Å². The number of allylic oxidation sites excluding steroid dienone is 1. The molecule has 13 heteroatoms. The Morgan fingerprint density at radius 2 is 1.54 bits per heavy atom. The molecule has 13 nitrogen and oxygen atoms in total. The molecule has 4 aromatic rings. The molecule has 298 valence electrons. The van der Waals surface area contributed by atoms with Crippen LogP contribution in [0.4, 0.5) is 0 Å². The summed E-state index contributed by atoms with van der Waals surface area (Å²) in [6.07, 6.45) is -1.99. The number of amides is 2. The molecule has 57 heavy (non-hydrogen) atoms. The SMILES string of the molecule is CO/C=C(\NC(=O)/C(NC(=O)[C@@H](OC(=O)c1cc(OC)cc2c(C)cccc12)[C@]1(C)CO1)=C1\N[C@@H](C)[C@@H](OCc2ccccc2)[C@@H]1OCc1ccccc1)C(C)=O. The van der Waals surface area contributed by atoms with Gasteiger partial charge < -0.3 is 44.4 Å². The summed E-state index contributed by atoms with van der Waals surface area (Å²) in [5, 5.41) is 9.99. The molecule has 4 aromatic carbocycles. The van der Waals surface area contributed by atoms with Crippen LogP contribution in [0.5, 0.6) is 5.75 Å². The predicted molar refractivity (Wildman–Crippen MR) is 211 cm³/mol. The van der Waals surface area contributed by atoms with E-state index in [-0.39, 0.29) is 42.5 Å². The molecule has 2 aliphatic rings. The van der Waals surface area contributed by atoms with Crippen LogP contribution in [0.3, 0.4) is 0 Å². The zero-order valence-electron chi connectivity index (χ0n) is 32.8. The number of ketones is 1. The first-order valence-electron chi connectivity index (χ1n) is 18.5. The van der Waals surface area contributed by atoms with Gasteiger partial charge in [-0.2, -0.15) is 0 Å². The number of nitrogens with one attached hydrogen (secondary N) is 3. The van der Waals surface area contributed by atoms with Crippen molar-refractivity contribution in [2.45, 2.75) is 70.9 Å². The Morgan fingerprint density at radius 1 is 0.895 bits per heavy atom. The molecule has 2 aliphatic heterocycles. The number of fused-ring (bicyclic) bond motifs is 1. The van der Waals surface area contributed by atoms with Crippen LogP contribution in [0.25, 0.3) is 10.8 Å². The largest absolute Gasteiger partial charge is 0.502 e. The summed E-state index contributed by atoms with van der Waals surface area (Å²) in [6, 6.07) is 27.5. The zero-order valence-corrected chi connectivity index (χ0v) is 32.8. The van der Waals surface area contributed by atoms with Gasteiger partial charge in [-0.3, -0.25) is 14.4 Å². The van der Waals surface area contributed by atoms with Crippen molar-refractivity contribution in [1.29, 1.82) is 0 Å². The van der Waals surface area contributed by atoms with Crippen LogP contribution in [0.1, 0.15) is 47.8 Å². The number of ether oxygens (including phenoxy) is 6. The van der Waals surface area contributed by atoms with Crippen LogP contribution in [0, 0.1) is 6.92 Å². The highest BCUT2D eigenvalue weighted by atomic mass is 16.6. The first kappa shape index (κ1) is 40.6. The number of carbonyl (C=O) groups excluding carboxylic acids is 4. The lowest BCUT2D eigenvalue weighted by molar-refractivity contribution is -0.133. The van der Waals surface area contributed by atoms with Gasteiger partial charge in [0.1, 0.15) is 41.2 Å². The van der Waals surface area contributed by atoms with Gasteiger partial charge in [-0.15, -0.1) is 0 Å². The molecule has 0 spiro atoms. The smallest absolute Gasteiger partial charge is 0.339 e. The third-order valence-electron chi connectivity index (χ3n) is 9.88. The molecule has 2 saturated heterocycles. The first-order chi connectivity index (χ1) is 27.4. The Morgan fingerprint density at radius 3 is 2.14 bits per heavy atom. The van der Waals surface area contributed by atoms with Gasteiger partial charge in [-0.1, -0.05) is 78.9 Å². The van der Waals surface area contributed by atoms with Gasteiger partial charge in [0.2, 0.25) is 6.10 Å². The molecule has 0 aromatic heterocycles. The van der Waals surface area contributed by atoms with Crippen LogP contribution >= 0.6 is 0 Å². The van der Waals surface area contributed by atoms with Crippen LogP contribution in [0.2, 0.25) is 0 Å². The molecule has 0 unspecified atom stereocenters. The highest BCUT2D eigenvalue weighted by Crippen LogP contribution is 2.35.